The molecule has 0 aliphatic heterocycles. The Morgan fingerprint density at radius 3 is 2.17 bits per heavy atom. The molecule has 214 valence electrons. The molecule has 0 aliphatic rings. The molecular formula is C26H23F6N3O5. The number of ether oxygens (including phenoxy) is 2. The molecular weight excluding hydrogens is 548 g/mol. The van der Waals surface area contributed by atoms with Crippen LogP contribution in [0.2, 0.25) is 0 Å². The van der Waals surface area contributed by atoms with Crippen molar-refractivity contribution in [3.8, 4) is 22.9 Å². The second-order valence-electron chi connectivity index (χ2n) is 9.05. The zero-order valence-corrected chi connectivity index (χ0v) is 21.3. The van der Waals surface area contributed by atoms with E-state index in [-0.39, 0.29) is 18.5 Å². The summed E-state index contributed by atoms with van der Waals surface area (Å²) in [4.78, 5) is 31.1. The molecule has 2 aromatic carbocycles. The van der Waals surface area contributed by atoms with Crippen molar-refractivity contribution in [2.45, 2.75) is 45.3 Å². The summed E-state index contributed by atoms with van der Waals surface area (Å²) in [7, 11) is 0. The topological polar surface area (TPSA) is 111 Å². The van der Waals surface area contributed by atoms with Crippen LogP contribution in [0.15, 0.2) is 48.7 Å². The summed E-state index contributed by atoms with van der Waals surface area (Å²) >= 11 is 0. The molecule has 3 rings (SSSR count). The Morgan fingerprint density at radius 1 is 0.975 bits per heavy atom. The van der Waals surface area contributed by atoms with Crippen LogP contribution < -0.4 is 14.8 Å². The van der Waals surface area contributed by atoms with Gasteiger partial charge in [-0.2, -0.15) is 13.2 Å². The van der Waals surface area contributed by atoms with Gasteiger partial charge in [0.2, 0.25) is 0 Å². The zero-order chi connectivity index (χ0) is 29.9. The molecule has 0 saturated heterocycles. The number of benzene rings is 2. The molecule has 40 heavy (non-hydrogen) atoms. The average Bonchev–Trinajstić information content (AvgIpc) is 2.84. The van der Waals surface area contributed by atoms with Gasteiger partial charge in [0.05, 0.1) is 5.56 Å². The summed E-state index contributed by atoms with van der Waals surface area (Å²) in [6, 6.07) is 8.79. The minimum absolute atomic E-state index is 0.0264. The second-order valence-corrected chi connectivity index (χ2v) is 9.05. The molecule has 3 aromatic rings. The molecule has 1 aromatic heterocycles. The van der Waals surface area contributed by atoms with E-state index in [4.69, 9.17) is 4.74 Å². The number of halogens is 6. The molecule has 14 heteroatoms. The van der Waals surface area contributed by atoms with Crippen molar-refractivity contribution in [1.82, 2.24) is 15.3 Å². The Balaban J connectivity index is 1.71. The van der Waals surface area contributed by atoms with Crippen LogP contribution in [0.1, 0.15) is 41.0 Å². The van der Waals surface area contributed by atoms with Crippen LogP contribution in [-0.4, -0.2) is 45.5 Å². The maximum Gasteiger partial charge on any atom is 0.573 e. The smallest absolute Gasteiger partial charge is 0.478 e. The Morgan fingerprint density at radius 2 is 1.62 bits per heavy atom. The lowest BCUT2D eigenvalue weighted by atomic mass is 10.1. The number of amides is 1. The van der Waals surface area contributed by atoms with Crippen molar-refractivity contribution in [1.29, 1.82) is 0 Å². The van der Waals surface area contributed by atoms with E-state index in [1.54, 1.807) is 25.1 Å². The summed E-state index contributed by atoms with van der Waals surface area (Å²) in [5, 5.41) is 11.6. The Hall–Kier alpha value is -4.36. The van der Waals surface area contributed by atoms with Crippen molar-refractivity contribution in [3.63, 3.8) is 0 Å². The van der Waals surface area contributed by atoms with E-state index in [0.717, 1.165) is 24.3 Å². The van der Waals surface area contributed by atoms with Gasteiger partial charge < -0.3 is 19.9 Å². The molecule has 0 radical (unpaired) electrons. The van der Waals surface area contributed by atoms with Crippen molar-refractivity contribution < 1.29 is 50.5 Å². The highest BCUT2D eigenvalue weighted by Crippen LogP contribution is 2.32. The highest BCUT2D eigenvalue weighted by molar-refractivity contribution is 5.95. The summed E-state index contributed by atoms with van der Waals surface area (Å²) in [6.07, 6.45) is -9.03. The van der Waals surface area contributed by atoms with Gasteiger partial charge in [0.25, 0.3) is 5.91 Å². The van der Waals surface area contributed by atoms with Crippen LogP contribution in [0.5, 0.6) is 11.5 Å². The molecule has 2 N–H and O–H groups in total. The lowest BCUT2D eigenvalue weighted by molar-refractivity contribution is -0.274. The quantitative estimate of drug-likeness (QED) is 0.323. The highest BCUT2D eigenvalue weighted by atomic mass is 19.4. The minimum Gasteiger partial charge on any atom is -0.478 e. The largest absolute Gasteiger partial charge is 0.573 e. The number of aryl methyl sites for hydroxylation is 1. The van der Waals surface area contributed by atoms with Crippen LogP contribution in [0.25, 0.3) is 11.4 Å². The van der Waals surface area contributed by atoms with E-state index in [0.29, 0.717) is 23.1 Å². The lowest BCUT2D eigenvalue weighted by Crippen LogP contribution is -2.38. The minimum atomic E-state index is -5.03. The highest BCUT2D eigenvalue weighted by Gasteiger charge is 2.38. The van der Waals surface area contributed by atoms with E-state index in [1.807, 2.05) is 0 Å². The number of hydrogen-bond acceptors (Lipinski definition) is 6. The molecule has 8 nitrogen and oxygen atoms in total. The van der Waals surface area contributed by atoms with Crippen LogP contribution in [0.4, 0.5) is 26.3 Å². The first kappa shape index (κ1) is 30.2. The number of aliphatic carboxylic acids is 1. The Bertz CT molecular complexity index is 1390. The van der Waals surface area contributed by atoms with Gasteiger partial charge in [0, 0.05) is 18.3 Å². The molecule has 0 bridgehead atoms. The average molecular weight is 571 g/mol. The van der Waals surface area contributed by atoms with Gasteiger partial charge in [0.1, 0.15) is 11.5 Å². The summed E-state index contributed by atoms with van der Waals surface area (Å²) in [5.74, 6) is -2.92. The maximum atomic E-state index is 13.7. The maximum absolute atomic E-state index is 13.7. The number of nitrogens with zero attached hydrogens (tertiary/aromatic N) is 2. The fourth-order valence-electron chi connectivity index (χ4n) is 3.42. The van der Waals surface area contributed by atoms with Gasteiger partial charge in [-0.05, 0) is 68.7 Å². The number of carbonyl (C=O) groups excluding carboxylic acids is 1. The lowest BCUT2D eigenvalue weighted by Gasteiger charge is -2.23. The van der Waals surface area contributed by atoms with Crippen LogP contribution >= 0.6 is 0 Å². The molecule has 0 saturated carbocycles. The van der Waals surface area contributed by atoms with Gasteiger partial charge in [-0.3, -0.25) is 4.79 Å². The molecule has 1 amide bonds. The van der Waals surface area contributed by atoms with Gasteiger partial charge in [-0.1, -0.05) is 12.1 Å². The van der Waals surface area contributed by atoms with Crippen LogP contribution in [-0.2, 0) is 17.4 Å². The first-order valence-corrected chi connectivity index (χ1v) is 11.6. The van der Waals surface area contributed by atoms with Crippen molar-refractivity contribution in [3.05, 3.63) is 71.0 Å². The summed E-state index contributed by atoms with van der Waals surface area (Å²) < 4.78 is 87.4. The molecule has 0 aliphatic carbocycles. The van der Waals surface area contributed by atoms with Crippen LogP contribution in [0, 0.1) is 6.92 Å². The zero-order valence-electron chi connectivity index (χ0n) is 21.3. The second kappa shape index (κ2) is 11.4. The molecule has 0 atom stereocenters. The van der Waals surface area contributed by atoms with Crippen molar-refractivity contribution in [2.24, 2.45) is 0 Å². The van der Waals surface area contributed by atoms with E-state index in [9.17, 15) is 41.0 Å². The normalized spacial score (nSPS) is 12.1. The molecule has 1 heterocycles. The molecule has 0 unspecified atom stereocenters. The molecule has 0 spiro atoms. The fraction of sp³-hybridized carbons (Fsp3) is 0.308. The number of carboxylic acid groups (broad SMARTS) is 1. The van der Waals surface area contributed by atoms with Gasteiger partial charge in [0.15, 0.2) is 17.1 Å². The molecule has 0 fully saturated rings. The third kappa shape index (κ3) is 7.83. The van der Waals surface area contributed by atoms with Crippen molar-refractivity contribution in [2.75, 3.05) is 6.54 Å². The van der Waals surface area contributed by atoms with E-state index < -0.39 is 52.8 Å². The number of aromatic nitrogens is 2. The predicted octanol–water partition coefficient (Wildman–Crippen LogP) is 5.58. The van der Waals surface area contributed by atoms with Gasteiger partial charge in [-0.25, -0.2) is 14.8 Å². The number of carboxylic acids is 1. The Labute approximate surface area is 224 Å². The number of nitrogens with one attached hydrogen (secondary N) is 1. The van der Waals surface area contributed by atoms with Gasteiger partial charge in [-0.15, -0.1) is 13.2 Å². The van der Waals surface area contributed by atoms with Crippen LogP contribution in [0.3, 0.4) is 0 Å². The summed E-state index contributed by atoms with van der Waals surface area (Å²) in [5.41, 5.74) is -2.49. The summed E-state index contributed by atoms with van der Waals surface area (Å²) in [6.45, 7) is 4.44. The third-order valence-electron chi connectivity index (χ3n) is 5.47. The first-order chi connectivity index (χ1) is 18.5. The monoisotopic (exact) mass is 571 g/mol. The SMILES string of the molecule is Cc1cc(CCNC(=O)c2cnc(-c3ccc(OC(F)(F)F)cc3)nc2C(F)(F)F)ccc1OC(C)(C)C(=O)O. The number of carbonyl (C=O) groups is 2. The van der Waals surface area contributed by atoms with Gasteiger partial charge >= 0.3 is 18.5 Å². The number of alkyl halides is 6. The number of rotatable bonds is 9. The number of hydrogen-bond donors (Lipinski definition) is 2. The van der Waals surface area contributed by atoms with E-state index in [1.165, 1.54) is 13.8 Å². The van der Waals surface area contributed by atoms with E-state index in [2.05, 4.69) is 20.0 Å². The van der Waals surface area contributed by atoms with Crippen molar-refractivity contribution >= 4 is 11.9 Å². The van der Waals surface area contributed by atoms with E-state index >= 15 is 0 Å². The standard InChI is InChI=1S/C26H23F6N3O5/c1-14-12-15(4-9-19(14)40-24(2,3)23(37)38)10-11-33-22(36)18-13-34-21(35-20(18)25(27,28)29)16-5-7-17(8-6-16)39-26(30,31)32/h4-9,12-13H,10-11H2,1-3H3,(H,33,36)(H,37,38). The predicted molar refractivity (Wildman–Crippen MR) is 129 cm³/mol. The fourth-order valence-corrected chi connectivity index (χ4v) is 3.42. The third-order valence-corrected chi connectivity index (χ3v) is 5.47. The first-order valence-electron chi connectivity index (χ1n) is 11.6. The Kier molecular flexibility index (Phi) is 8.60.